The van der Waals surface area contributed by atoms with Crippen molar-refractivity contribution >= 4 is 5.97 Å². The maximum Gasteiger partial charge on any atom is 0.312 e. The molecule has 1 aromatic rings. The van der Waals surface area contributed by atoms with Crippen LogP contribution in [0.3, 0.4) is 0 Å². The van der Waals surface area contributed by atoms with Gasteiger partial charge in [-0.05, 0) is 12.8 Å². The second kappa shape index (κ2) is 6.50. The summed E-state index contributed by atoms with van der Waals surface area (Å²) >= 11 is 0. The molecule has 0 aliphatic carbocycles. The van der Waals surface area contributed by atoms with Crippen LogP contribution in [0.25, 0.3) is 0 Å². The minimum atomic E-state index is -0.265. The van der Waals surface area contributed by atoms with Gasteiger partial charge < -0.3 is 9.26 Å². The Bertz CT molecular complexity index is 432. The van der Waals surface area contributed by atoms with Gasteiger partial charge in [0.1, 0.15) is 0 Å². The van der Waals surface area contributed by atoms with Crippen LogP contribution in [0.4, 0.5) is 0 Å². The fraction of sp³-hybridized carbons (Fsp3) is 0.643. The highest BCUT2D eigenvalue weighted by Crippen LogP contribution is 2.20. The maximum absolute atomic E-state index is 11.4. The summed E-state index contributed by atoms with van der Waals surface area (Å²) in [5.41, 5.74) is -0.138. The van der Waals surface area contributed by atoms with E-state index in [-0.39, 0.29) is 17.3 Å². The van der Waals surface area contributed by atoms with Crippen LogP contribution in [0.15, 0.2) is 17.2 Å². The minimum Gasteiger partial charge on any atom is -0.469 e. The molecule has 0 N–H and O–H groups in total. The first-order valence-electron chi connectivity index (χ1n) is 6.42. The third kappa shape index (κ3) is 4.50. The van der Waals surface area contributed by atoms with Crippen molar-refractivity contribution in [2.75, 3.05) is 7.11 Å². The molecule has 0 bridgehead atoms. The van der Waals surface area contributed by atoms with E-state index >= 15 is 0 Å². The molecule has 1 unspecified atom stereocenters. The van der Waals surface area contributed by atoms with E-state index in [1.165, 1.54) is 7.11 Å². The normalized spacial score (nSPS) is 13.1. The van der Waals surface area contributed by atoms with Crippen LogP contribution in [0.2, 0.25) is 0 Å². The number of aryl methyl sites for hydroxylation is 1. The molecule has 0 saturated carbocycles. The van der Waals surface area contributed by atoms with Gasteiger partial charge >= 0.3 is 5.97 Å². The van der Waals surface area contributed by atoms with Crippen LogP contribution in [0.5, 0.6) is 0 Å². The molecule has 1 heterocycles. The molecule has 0 fully saturated rings. The number of carbonyl (C=O) groups excluding carboxylic acids is 1. The molecule has 0 aliphatic heterocycles. The highest BCUT2D eigenvalue weighted by Gasteiger charge is 2.22. The lowest BCUT2D eigenvalue weighted by Gasteiger charge is -2.10. The number of carbonyl (C=O) groups is 1. The first kappa shape index (κ1) is 15.4. The zero-order valence-electron chi connectivity index (χ0n) is 12.1. The molecular formula is C14H22N2O3. The highest BCUT2D eigenvalue weighted by molar-refractivity contribution is 5.74. The standard InChI is InChI=1S/C14H22N2O3/c1-6-10(12(17)18-5)8-7-9-11-15-13(19-16-11)14(2,3)4/h6,10H,1,7-9H2,2-5H3. The Labute approximate surface area is 114 Å². The summed E-state index contributed by atoms with van der Waals surface area (Å²) in [6.07, 6.45) is 3.76. The van der Waals surface area contributed by atoms with E-state index < -0.39 is 0 Å². The van der Waals surface area contributed by atoms with E-state index in [0.29, 0.717) is 24.6 Å². The average molecular weight is 266 g/mol. The van der Waals surface area contributed by atoms with Crippen LogP contribution in [0.1, 0.15) is 45.3 Å². The van der Waals surface area contributed by atoms with Crippen molar-refractivity contribution in [2.24, 2.45) is 5.92 Å². The van der Waals surface area contributed by atoms with E-state index in [2.05, 4.69) is 16.7 Å². The number of ether oxygens (including phenoxy) is 1. The van der Waals surface area contributed by atoms with Crippen LogP contribution in [0, 0.1) is 5.92 Å². The Morgan fingerprint density at radius 2 is 2.21 bits per heavy atom. The van der Waals surface area contributed by atoms with Gasteiger partial charge in [0, 0.05) is 11.8 Å². The molecule has 106 valence electrons. The van der Waals surface area contributed by atoms with Gasteiger partial charge in [-0.25, -0.2) is 0 Å². The van der Waals surface area contributed by atoms with Crippen LogP contribution >= 0.6 is 0 Å². The first-order chi connectivity index (χ1) is 8.88. The number of methoxy groups -OCH3 is 1. The zero-order chi connectivity index (χ0) is 14.5. The molecule has 0 spiro atoms. The Morgan fingerprint density at radius 1 is 1.53 bits per heavy atom. The SMILES string of the molecule is C=CC(CCCc1noc(C(C)(C)C)n1)C(=O)OC. The summed E-state index contributed by atoms with van der Waals surface area (Å²) in [5, 5.41) is 3.94. The van der Waals surface area contributed by atoms with E-state index in [0.717, 1.165) is 6.42 Å². The minimum absolute atomic E-state index is 0.138. The molecule has 5 heteroatoms. The molecule has 1 rings (SSSR count). The lowest BCUT2D eigenvalue weighted by Crippen LogP contribution is -2.14. The second-order valence-electron chi connectivity index (χ2n) is 5.52. The Hall–Kier alpha value is -1.65. The molecular weight excluding hydrogens is 244 g/mol. The smallest absolute Gasteiger partial charge is 0.312 e. The molecule has 5 nitrogen and oxygen atoms in total. The molecule has 0 amide bonds. The van der Waals surface area contributed by atoms with Crippen molar-refractivity contribution in [3.8, 4) is 0 Å². The number of rotatable bonds is 6. The largest absolute Gasteiger partial charge is 0.469 e. The molecule has 0 aromatic carbocycles. The maximum atomic E-state index is 11.4. The third-order valence-electron chi connectivity index (χ3n) is 2.81. The van der Waals surface area contributed by atoms with Gasteiger partial charge in [0.15, 0.2) is 5.82 Å². The lowest BCUT2D eigenvalue weighted by atomic mass is 9.97. The Balaban J connectivity index is 2.47. The summed E-state index contributed by atoms with van der Waals surface area (Å²) in [5.74, 6) is 0.797. The Kier molecular flexibility index (Phi) is 5.27. The van der Waals surface area contributed by atoms with E-state index in [1.54, 1.807) is 6.08 Å². The highest BCUT2D eigenvalue weighted by atomic mass is 16.5. The van der Waals surface area contributed by atoms with Gasteiger partial charge in [0.25, 0.3) is 0 Å². The molecule has 1 aromatic heterocycles. The fourth-order valence-electron chi connectivity index (χ4n) is 1.62. The topological polar surface area (TPSA) is 65.2 Å². The van der Waals surface area contributed by atoms with Gasteiger partial charge in [-0.15, -0.1) is 6.58 Å². The van der Waals surface area contributed by atoms with E-state index in [9.17, 15) is 4.79 Å². The number of aromatic nitrogens is 2. The van der Waals surface area contributed by atoms with Crippen molar-refractivity contribution in [3.05, 3.63) is 24.4 Å². The second-order valence-corrected chi connectivity index (χ2v) is 5.52. The predicted octanol–water partition coefficient (Wildman–Crippen LogP) is 2.67. The quantitative estimate of drug-likeness (QED) is 0.585. The summed E-state index contributed by atoms with van der Waals surface area (Å²) in [7, 11) is 1.38. The van der Waals surface area contributed by atoms with Crippen LogP contribution in [-0.4, -0.2) is 23.2 Å². The fourth-order valence-corrected chi connectivity index (χ4v) is 1.62. The summed E-state index contributed by atoms with van der Waals surface area (Å²) < 4.78 is 9.90. The number of hydrogen-bond acceptors (Lipinski definition) is 5. The van der Waals surface area contributed by atoms with Crippen molar-refractivity contribution in [1.29, 1.82) is 0 Å². The molecule has 0 saturated heterocycles. The van der Waals surface area contributed by atoms with Gasteiger partial charge in [0.2, 0.25) is 5.89 Å². The average Bonchev–Trinajstić information content (AvgIpc) is 2.82. The van der Waals surface area contributed by atoms with Gasteiger partial charge in [-0.2, -0.15) is 4.98 Å². The summed E-state index contributed by atoms with van der Waals surface area (Å²) in [6, 6.07) is 0. The van der Waals surface area contributed by atoms with E-state index in [4.69, 9.17) is 9.26 Å². The summed E-state index contributed by atoms with van der Waals surface area (Å²) in [6.45, 7) is 9.71. The van der Waals surface area contributed by atoms with Crippen LogP contribution in [-0.2, 0) is 21.4 Å². The van der Waals surface area contributed by atoms with Crippen molar-refractivity contribution in [3.63, 3.8) is 0 Å². The number of nitrogens with zero attached hydrogens (tertiary/aromatic N) is 2. The van der Waals surface area contributed by atoms with Gasteiger partial charge in [0.05, 0.1) is 13.0 Å². The molecule has 0 radical (unpaired) electrons. The molecule has 1 atom stereocenters. The van der Waals surface area contributed by atoms with Crippen LogP contribution < -0.4 is 0 Å². The predicted molar refractivity (Wildman–Crippen MR) is 71.6 cm³/mol. The molecule has 19 heavy (non-hydrogen) atoms. The summed E-state index contributed by atoms with van der Waals surface area (Å²) in [4.78, 5) is 15.7. The van der Waals surface area contributed by atoms with Gasteiger partial charge in [-0.1, -0.05) is 32.0 Å². The van der Waals surface area contributed by atoms with Gasteiger partial charge in [-0.3, -0.25) is 4.79 Å². The van der Waals surface area contributed by atoms with Crippen molar-refractivity contribution < 1.29 is 14.1 Å². The van der Waals surface area contributed by atoms with Crippen molar-refractivity contribution in [2.45, 2.75) is 45.4 Å². The zero-order valence-corrected chi connectivity index (χ0v) is 12.1. The lowest BCUT2D eigenvalue weighted by molar-refractivity contribution is -0.143. The third-order valence-corrected chi connectivity index (χ3v) is 2.81. The van der Waals surface area contributed by atoms with E-state index in [1.807, 2.05) is 20.8 Å². The van der Waals surface area contributed by atoms with Crippen molar-refractivity contribution in [1.82, 2.24) is 10.1 Å². The first-order valence-corrected chi connectivity index (χ1v) is 6.42. The molecule has 0 aliphatic rings. The monoisotopic (exact) mass is 266 g/mol. The number of esters is 1. The number of hydrogen-bond donors (Lipinski definition) is 0. The Morgan fingerprint density at radius 3 is 2.68 bits per heavy atom.